The van der Waals surface area contributed by atoms with Gasteiger partial charge in [-0.25, -0.2) is 0 Å². The van der Waals surface area contributed by atoms with Crippen LogP contribution in [0.4, 0.5) is 0 Å². The molecule has 0 amide bonds. The lowest BCUT2D eigenvalue weighted by molar-refractivity contribution is 0.412. The van der Waals surface area contributed by atoms with Gasteiger partial charge in [-0.15, -0.1) is 0 Å². The lowest BCUT2D eigenvalue weighted by atomic mass is 9.98. The number of benzene rings is 4. The van der Waals surface area contributed by atoms with Gasteiger partial charge >= 0.3 is 0 Å². The third-order valence-corrected chi connectivity index (χ3v) is 6.60. The van der Waals surface area contributed by atoms with Gasteiger partial charge < -0.3 is 4.74 Å². The van der Waals surface area contributed by atoms with Gasteiger partial charge in [0.05, 0.1) is 7.11 Å². The summed E-state index contributed by atoms with van der Waals surface area (Å²) < 4.78 is 5.36. The first-order chi connectivity index (χ1) is 15.7. The van der Waals surface area contributed by atoms with Crippen LogP contribution in [0.3, 0.4) is 0 Å². The van der Waals surface area contributed by atoms with Crippen LogP contribution < -0.4 is 4.74 Å². The maximum Gasteiger partial charge on any atom is 0.122 e. The summed E-state index contributed by atoms with van der Waals surface area (Å²) in [6, 6.07) is 26.2. The molecule has 33 heavy (non-hydrogen) atoms. The Morgan fingerprint density at radius 2 is 0.667 bits per heavy atom. The lowest BCUT2D eigenvalue weighted by Gasteiger charge is -2.09. The van der Waals surface area contributed by atoms with E-state index in [-0.39, 0.29) is 0 Å². The molecule has 0 saturated heterocycles. The van der Waals surface area contributed by atoms with E-state index in [1.807, 2.05) is 0 Å². The Labute approximate surface area is 200 Å². The molecule has 4 aromatic rings. The van der Waals surface area contributed by atoms with Crippen molar-refractivity contribution in [2.24, 2.45) is 0 Å². The summed E-state index contributed by atoms with van der Waals surface area (Å²) in [5.74, 6) is 0.945. The SMILES string of the molecule is COc1cc(-c2ccc(C)c(C)c2)ccc1C.Cc1ccc(-c2ccc(C)c(C)c2)cc1C. The van der Waals surface area contributed by atoms with Gasteiger partial charge in [0.25, 0.3) is 0 Å². The second-order valence-corrected chi connectivity index (χ2v) is 9.08. The molecule has 0 atom stereocenters. The predicted molar refractivity (Wildman–Crippen MR) is 143 cm³/mol. The summed E-state index contributed by atoms with van der Waals surface area (Å²) in [5, 5.41) is 0. The Morgan fingerprint density at radius 3 is 0.970 bits per heavy atom. The van der Waals surface area contributed by atoms with Crippen molar-refractivity contribution < 1.29 is 4.74 Å². The highest BCUT2D eigenvalue weighted by atomic mass is 16.5. The van der Waals surface area contributed by atoms with Crippen molar-refractivity contribution >= 4 is 0 Å². The van der Waals surface area contributed by atoms with Crippen LogP contribution in [0.1, 0.15) is 38.9 Å². The average Bonchev–Trinajstić information content (AvgIpc) is 2.80. The predicted octanol–water partition coefficient (Wildman–Crippen LogP) is 8.87. The second kappa shape index (κ2) is 10.5. The molecule has 0 bridgehead atoms. The van der Waals surface area contributed by atoms with Gasteiger partial charge in [0, 0.05) is 0 Å². The summed E-state index contributed by atoms with van der Waals surface area (Å²) in [5.41, 5.74) is 14.3. The fourth-order valence-electron chi connectivity index (χ4n) is 3.76. The Hall–Kier alpha value is -3.32. The number of ether oxygens (including phenoxy) is 1. The molecule has 1 nitrogen and oxygen atoms in total. The van der Waals surface area contributed by atoms with E-state index < -0.39 is 0 Å². The van der Waals surface area contributed by atoms with Gasteiger partial charge in [-0.3, -0.25) is 0 Å². The molecule has 170 valence electrons. The molecule has 0 radical (unpaired) electrons. The third-order valence-electron chi connectivity index (χ3n) is 6.60. The van der Waals surface area contributed by atoms with Crippen LogP contribution in [0, 0.1) is 48.5 Å². The standard InChI is InChI=1S/C16H18O.C16H18/c1-11-5-7-14(9-13(11)3)15-8-6-12(2)16(10-15)17-4;1-11-5-7-15(9-13(11)3)16-8-6-12(2)14(4)10-16/h5-10H,1-4H3;5-10H,1-4H3. The van der Waals surface area contributed by atoms with E-state index in [0.29, 0.717) is 0 Å². The van der Waals surface area contributed by atoms with Crippen LogP contribution in [0.5, 0.6) is 5.75 Å². The summed E-state index contributed by atoms with van der Waals surface area (Å²) in [6.07, 6.45) is 0. The van der Waals surface area contributed by atoms with Crippen LogP contribution in [0.2, 0.25) is 0 Å². The first kappa shape index (κ1) is 24.3. The first-order valence-electron chi connectivity index (χ1n) is 11.6. The van der Waals surface area contributed by atoms with Crippen LogP contribution in [0.25, 0.3) is 22.3 Å². The molecule has 0 N–H and O–H groups in total. The van der Waals surface area contributed by atoms with Crippen molar-refractivity contribution in [3.63, 3.8) is 0 Å². The minimum atomic E-state index is 0.945. The Kier molecular flexibility index (Phi) is 7.76. The second-order valence-electron chi connectivity index (χ2n) is 9.08. The van der Waals surface area contributed by atoms with E-state index in [4.69, 9.17) is 4.74 Å². The molecule has 0 heterocycles. The van der Waals surface area contributed by atoms with Gasteiger partial charge in [-0.1, -0.05) is 66.7 Å². The fourth-order valence-corrected chi connectivity index (χ4v) is 3.76. The number of hydrogen-bond acceptors (Lipinski definition) is 1. The summed E-state index contributed by atoms with van der Waals surface area (Å²) in [4.78, 5) is 0. The molecule has 0 aliphatic heterocycles. The smallest absolute Gasteiger partial charge is 0.122 e. The van der Waals surface area contributed by atoms with Crippen LogP contribution >= 0.6 is 0 Å². The Balaban J connectivity index is 0.000000186. The molecule has 4 aromatic carbocycles. The van der Waals surface area contributed by atoms with Gasteiger partial charge in [0.2, 0.25) is 0 Å². The highest BCUT2D eigenvalue weighted by Gasteiger charge is 2.04. The third kappa shape index (κ3) is 5.93. The molecular weight excluding hydrogens is 400 g/mol. The van der Waals surface area contributed by atoms with Crippen LogP contribution in [-0.4, -0.2) is 7.11 Å². The highest BCUT2D eigenvalue weighted by Crippen LogP contribution is 2.28. The molecule has 0 spiro atoms. The van der Waals surface area contributed by atoms with E-state index in [1.165, 1.54) is 61.2 Å². The lowest BCUT2D eigenvalue weighted by Crippen LogP contribution is -1.89. The van der Waals surface area contributed by atoms with E-state index in [9.17, 15) is 0 Å². The van der Waals surface area contributed by atoms with Gasteiger partial charge in [0.15, 0.2) is 0 Å². The molecule has 0 unspecified atom stereocenters. The molecule has 0 aliphatic rings. The quantitative estimate of drug-likeness (QED) is 0.311. The normalized spacial score (nSPS) is 10.4. The van der Waals surface area contributed by atoms with Crippen molar-refractivity contribution in [1.82, 2.24) is 0 Å². The van der Waals surface area contributed by atoms with E-state index >= 15 is 0 Å². The topological polar surface area (TPSA) is 9.23 Å². The molecule has 1 heteroatoms. The first-order valence-corrected chi connectivity index (χ1v) is 11.6. The summed E-state index contributed by atoms with van der Waals surface area (Å²) in [6.45, 7) is 15.0. The maximum atomic E-state index is 5.36. The van der Waals surface area contributed by atoms with Crippen molar-refractivity contribution in [2.45, 2.75) is 48.5 Å². The fraction of sp³-hybridized carbons (Fsp3) is 0.250. The largest absolute Gasteiger partial charge is 0.496 e. The monoisotopic (exact) mass is 436 g/mol. The van der Waals surface area contributed by atoms with E-state index in [0.717, 1.165) is 5.75 Å². The number of methoxy groups -OCH3 is 1. The minimum Gasteiger partial charge on any atom is -0.496 e. The Morgan fingerprint density at radius 1 is 0.364 bits per heavy atom. The van der Waals surface area contributed by atoms with E-state index in [2.05, 4.69) is 121 Å². The zero-order valence-electron chi connectivity index (χ0n) is 21.3. The molecular formula is C32H36O. The van der Waals surface area contributed by atoms with Crippen molar-refractivity contribution in [3.05, 3.63) is 112 Å². The molecule has 0 aliphatic carbocycles. The minimum absolute atomic E-state index is 0.945. The zero-order chi connectivity index (χ0) is 24.1. The number of rotatable bonds is 3. The average molecular weight is 437 g/mol. The van der Waals surface area contributed by atoms with Gasteiger partial charge in [0.1, 0.15) is 5.75 Å². The van der Waals surface area contributed by atoms with Crippen molar-refractivity contribution in [3.8, 4) is 28.0 Å². The highest BCUT2D eigenvalue weighted by molar-refractivity contribution is 5.67. The maximum absolute atomic E-state index is 5.36. The molecule has 4 rings (SSSR count). The van der Waals surface area contributed by atoms with Crippen LogP contribution in [-0.2, 0) is 0 Å². The van der Waals surface area contributed by atoms with E-state index in [1.54, 1.807) is 7.11 Å². The number of hydrogen-bond donors (Lipinski definition) is 0. The van der Waals surface area contributed by atoms with Gasteiger partial charge in [-0.2, -0.15) is 0 Å². The zero-order valence-corrected chi connectivity index (χ0v) is 21.3. The summed E-state index contributed by atoms with van der Waals surface area (Å²) in [7, 11) is 1.71. The summed E-state index contributed by atoms with van der Waals surface area (Å²) >= 11 is 0. The van der Waals surface area contributed by atoms with Crippen molar-refractivity contribution in [2.75, 3.05) is 7.11 Å². The molecule has 0 aromatic heterocycles. The molecule has 0 saturated carbocycles. The molecule has 0 fully saturated rings. The van der Waals surface area contributed by atoms with Crippen molar-refractivity contribution in [1.29, 1.82) is 0 Å². The van der Waals surface area contributed by atoms with Gasteiger partial charge in [-0.05, 0) is 116 Å². The van der Waals surface area contributed by atoms with Crippen LogP contribution in [0.15, 0.2) is 72.8 Å². The Bertz CT molecular complexity index is 1210. The number of aryl methyl sites for hydroxylation is 7.